The van der Waals surface area contributed by atoms with Gasteiger partial charge in [-0.1, -0.05) is 0 Å². The summed E-state index contributed by atoms with van der Waals surface area (Å²) in [6.07, 6.45) is 0.548. The van der Waals surface area contributed by atoms with Gasteiger partial charge in [-0.05, 0) is 18.8 Å². The Labute approximate surface area is 124 Å². The molecule has 1 fully saturated rings. The van der Waals surface area contributed by atoms with Crippen molar-refractivity contribution in [2.45, 2.75) is 24.3 Å². The Kier molecular flexibility index (Phi) is 6.49. The second kappa shape index (κ2) is 6.32. The molecule has 1 aliphatic rings. The van der Waals surface area contributed by atoms with Crippen molar-refractivity contribution < 1.29 is 50.7 Å². The van der Waals surface area contributed by atoms with Crippen LogP contribution in [0, 0.1) is 5.92 Å². The van der Waals surface area contributed by atoms with Crippen LogP contribution in [0.4, 0.5) is 0 Å². The van der Waals surface area contributed by atoms with E-state index in [2.05, 4.69) is 0 Å². The van der Waals surface area contributed by atoms with Crippen LogP contribution in [0.25, 0.3) is 0 Å². The summed E-state index contributed by atoms with van der Waals surface area (Å²) in [4.78, 5) is 36.3. The predicted octanol–water partition coefficient (Wildman–Crippen LogP) is -3.13. The first kappa shape index (κ1) is 20.5. The van der Waals surface area contributed by atoms with Crippen LogP contribution in [-0.4, -0.2) is 61.4 Å². The highest BCUT2D eigenvalue weighted by atomic mass is 35.5. The number of rotatable bonds is 4. The molecule has 0 radical (unpaired) electrons. The zero-order valence-corrected chi connectivity index (χ0v) is 13.9. The maximum atomic E-state index is 11.2. The average molecular weight is 354 g/mol. The second-order valence-electron chi connectivity index (χ2n) is 5.89. The van der Waals surface area contributed by atoms with Gasteiger partial charge in [0.2, 0.25) is 0 Å². The number of likely N-dealkylation sites (tertiary alicyclic amines) is 1. The van der Waals surface area contributed by atoms with Crippen LogP contribution in [-0.2, 0) is 9.13 Å². The van der Waals surface area contributed by atoms with Crippen LogP contribution >= 0.6 is 15.2 Å². The third-order valence-corrected chi connectivity index (χ3v) is 7.58. The standard InChI is InChI=1S/C9H21NO7P2.ClH/c1-10(2)5-3-8(4-6-10)7-9(11,18(12,13)14)19(15,16)17;/h8,11H,3-7H2,1-2H3,(H3-,12,13,14,15,16,17);1H. The van der Waals surface area contributed by atoms with E-state index < -0.39 is 26.7 Å². The van der Waals surface area contributed by atoms with Crippen molar-refractivity contribution in [3.8, 4) is 0 Å². The van der Waals surface area contributed by atoms with Crippen LogP contribution in [0.1, 0.15) is 19.3 Å². The van der Waals surface area contributed by atoms with E-state index in [0.717, 1.165) is 17.6 Å². The number of halogens is 1. The van der Waals surface area contributed by atoms with E-state index in [4.69, 9.17) is 19.6 Å². The van der Waals surface area contributed by atoms with Crippen molar-refractivity contribution in [2.24, 2.45) is 5.92 Å². The van der Waals surface area contributed by atoms with E-state index in [-0.39, 0.29) is 18.3 Å². The van der Waals surface area contributed by atoms with E-state index in [1.54, 1.807) is 0 Å². The minimum absolute atomic E-state index is 0. The lowest BCUT2D eigenvalue weighted by Gasteiger charge is -2.39. The third-order valence-electron chi connectivity index (χ3n) is 3.78. The van der Waals surface area contributed by atoms with Crippen molar-refractivity contribution in [1.82, 2.24) is 0 Å². The lowest BCUT2D eigenvalue weighted by Crippen LogP contribution is -3.00. The summed E-state index contributed by atoms with van der Waals surface area (Å²) in [6.45, 7) is 1.48. The minimum atomic E-state index is -5.32. The topological polar surface area (TPSA) is 135 Å². The molecule has 1 saturated heterocycles. The van der Waals surface area contributed by atoms with Gasteiger partial charge in [-0.3, -0.25) is 9.13 Å². The Bertz CT molecular complexity index is 400. The summed E-state index contributed by atoms with van der Waals surface area (Å²) in [6, 6.07) is 0. The number of hydrogen-bond donors (Lipinski definition) is 5. The highest BCUT2D eigenvalue weighted by Crippen LogP contribution is 2.70. The molecule has 122 valence electrons. The normalized spacial score (nSPS) is 21.4. The zero-order valence-electron chi connectivity index (χ0n) is 11.4. The maximum absolute atomic E-state index is 11.2. The summed E-state index contributed by atoms with van der Waals surface area (Å²) in [5.41, 5.74) is 0. The second-order valence-corrected chi connectivity index (χ2v) is 9.90. The lowest BCUT2D eigenvalue weighted by atomic mass is 9.93. The molecular formula is C9H22ClNO7P2. The van der Waals surface area contributed by atoms with Crippen molar-refractivity contribution in [3.63, 3.8) is 0 Å². The zero-order chi connectivity index (χ0) is 15.1. The van der Waals surface area contributed by atoms with Gasteiger partial charge in [0.15, 0.2) is 0 Å². The van der Waals surface area contributed by atoms with E-state index in [9.17, 15) is 14.2 Å². The van der Waals surface area contributed by atoms with E-state index in [1.807, 2.05) is 14.1 Å². The van der Waals surface area contributed by atoms with Gasteiger partial charge < -0.3 is 41.6 Å². The highest BCUT2D eigenvalue weighted by Gasteiger charge is 2.60. The Morgan fingerprint density at radius 1 is 1.05 bits per heavy atom. The summed E-state index contributed by atoms with van der Waals surface area (Å²) < 4.78 is 23.2. The van der Waals surface area contributed by atoms with Crippen LogP contribution in [0.3, 0.4) is 0 Å². The van der Waals surface area contributed by atoms with Gasteiger partial charge in [-0.2, -0.15) is 0 Å². The summed E-state index contributed by atoms with van der Waals surface area (Å²) in [5, 5.41) is 6.57. The number of piperidine rings is 1. The number of aliphatic hydroxyl groups is 1. The third kappa shape index (κ3) is 4.50. The van der Waals surface area contributed by atoms with Gasteiger partial charge in [0.25, 0.3) is 5.08 Å². The molecule has 0 unspecified atom stereocenters. The van der Waals surface area contributed by atoms with Crippen molar-refractivity contribution in [1.29, 1.82) is 0 Å². The Balaban J connectivity index is 0.00000361. The SMILES string of the molecule is C[N+]1(C)CCC(CC(O)(P(=O)(O)O)P(=O)(O)O)CC1.[Cl-]. The molecule has 0 aromatic heterocycles. The van der Waals surface area contributed by atoms with Crippen LogP contribution in [0.5, 0.6) is 0 Å². The Morgan fingerprint density at radius 3 is 1.70 bits per heavy atom. The number of quaternary nitrogens is 1. The molecule has 0 aromatic rings. The molecule has 0 aliphatic carbocycles. The maximum Gasteiger partial charge on any atom is 0.369 e. The van der Waals surface area contributed by atoms with Gasteiger partial charge in [0.05, 0.1) is 27.2 Å². The summed E-state index contributed by atoms with van der Waals surface area (Å²) in [5.74, 6) is -0.309. The van der Waals surface area contributed by atoms with Gasteiger partial charge in [0, 0.05) is 6.42 Å². The molecule has 1 rings (SSSR count). The fraction of sp³-hybridized carbons (Fsp3) is 1.00. The van der Waals surface area contributed by atoms with E-state index in [1.165, 1.54) is 0 Å². The molecule has 0 saturated carbocycles. The number of nitrogens with zero attached hydrogens (tertiary/aromatic N) is 1. The fourth-order valence-corrected chi connectivity index (χ4v) is 4.67. The molecule has 8 nitrogen and oxygen atoms in total. The lowest BCUT2D eigenvalue weighted by molar-refractivity contribution is -0.896. The molecule has 20 heavy (non-hydrogen) atoms. The van der Waals surface area contributed by atoms with Crippen molar-refractivity contribution in [3.05, 3.63) is 0 Å². The fourth-order valence-electron chi connectivity index (χ4n) is 2.32. The van der Waals surface area contributed by atoms with Crippen LogP contribution in [0.15, 0.2) is 0 Å². The monoisotopic (exact) mass is 353 g/mol. The van der Waals surface area contributed by atoms with E-state index in [0.29, 0.717) is 12.8 Å². The molecule has 0 amide bonds. The predicted molar refractivity (Wildman–Crippen MR) is 68.2 cm³/mol. The molecule has 0 bridgehead atoms. The minimum Gasteiger partial charge on any atom is -1.00 e. The average Bonchev–Trinajstić information content (AvgIpc) is 2.17. The first-order valence-corrected chi connectivity index (χ1v) is 9.17. The molecule has 11 heteroatoms. The molecular weight excluding hydrogens is 332 g/mol. The molecule has 5 N–H and O–H groups in total. The molecule has 1 aliphatic heterocycles. The van der Waals surface area contributed by atoms with Crippen LogP contribution in [0.2, 0.25) is 0 Å². The van der Waals surface area contributed by atoms with Crippen molar-refractivity contribution >= 4 is 15.2 Å². The number of hydrogen-bond acceptors (Lipinski definition) is 3. The summed E-state index contributed by atoms with van der Waals surface area (Å²) >= 11 is 0. The summed E-state index contributed by atoms with van der Waals surface area (Å²) in [7, 11) is -6.62. The molecule has 0 spiro atoms. The van der Waals surface area contributed by atoms with Gasteiger partial charge >= 0.3 is 15.2 Å². The largest absolute Gasteiger partial charge is 1.00 e. The van der Waals surface area contributed by atoms with Gasteiger partial charge in [-0.25, -0.2) is 0 Å². The first-order valence-electron chi connectivity index (χ1n) is 5.94. The molecule has 0 aromatic carbocycles. The van der Waals surface area contributed by atoms with E-state index >= 15 is 0 Å². The quantitative estimate of drug-likeness (QED) is 0.266. The first-order chi connectivity index (χ1) is 8.29. The van der Waals surface area contributed by atoms with Crippen LogP contribution < -0.4 is 12.4 Å². The highest BCUT2D eigenvalue weighted by molar-refractivity contribution is 7.72. The molecule has 1 heterocycles. The smallest absolute Gasteiger partial charge is 0.369 e. The van der Waals surface area contributed by atoms with Gasteiger partial charge in [0.1, 0.15) is 0 Å². The van der Waals surface area contributed by atoms with Crippen molar-refractivity contribution in [2.75, 3.05) is 27.2 Å². The van der Waals surface area contributed by atoms with Gasteiger partial charge in [-0.15, -0.1) is 0 Å². The Morgan fingerprint density at radius 2 is 1.40 bits per heavy atom. The Hall–Kier alpha value is 0.510. The molecule has 0 atom stereocenters.